The third-order valence-electron chi connectivity index (χ3n) is 0.256. The average Bonchev–Trinajstić information content (AvgIpc) is 1.76. The predicted molar refractivity (Wildman–Crippen MR) is 18.7 cm³/mol. The van der Waals surface area contributed by atoms with E-state index < -0.39 is 4.64 Å². The monoisotopic (exact) mass is 113 g/mol. The summed E-state index contributed by atoms with van der Waals surface area (Å²) in [7, 11) is 0. The molecule has 0 aliphatic carbocycles. The maximum Gasteiger partial charge on any atom is 0.314 e. The molecule has 1 saturated heterocycles. The van der Waals surface area contributed by atoms with E-state index in [1.807, 2.05) is 0 Å². The molecule has 1 fully saturated rings. The minimum atomic E-state index is -1.06. The smallest absolute Gasteiger partial charge is 0.240 e. The number of alkyl halides is 2. The molecule has 1 aliphatic rings. The van der Waals surface area contributed by atoms with Crippen LogP contribution in [0.1, 0.15) is 0 Å². The second-order valence-electron chi connectivity index (χ2n) is 0.721. The number of hydroxylamine groups is 1. The van der Waals surface area contributed by atoms with E-state index in [9.17, 15) is 0 Å². The van der Waals surface area contributed by atoms with Crippen molar-refractivity contribution >= 4 is 23.2 Å². The van der Waals surface area contributed by atoms with Crippen molar-refractivity contribution in [3.8, 4) is 0 Å². The molecule has 1 heterocycles. The Balaban J connectivity index is 2.38. The summed E-state index contributed by atoms with van der Waals surface area (Å²) in [5.41, 5.74) is 2.20. The van der Waals surface area contributed by atoms with Gasteiger partial charge < -0.3 is 0 Å². The Bertz CT molecular complexity index is 47.6. The maximum atomic E-state index is 5.07. The lowest BCUT2D eigenvalue weighted by molar-refractivity contribution is 0.388. The van der Waals surface area contributed by atoms with Gasteiger partial charge in [0.2, 0.25) is 0 Å². The molecule has 1 N–H and O–H groups in total. The third kappa shape index (κ3) is 0.930. The molecule has 0 saturated carbocycles. The van der Waals surface area contributed by atoms with Crippen LogP contribution in [0.25, 0.3) is 0 Å². The molecule has 0 aromatic heterocycles. The van der Waals surface area contributed by atoms with Gasteiger partial charge in [0.1, 0.15) is 0 Å². The summed E-state index contributed by atoms with van der Waals surface area (Å²) >= 11 is 10.1. The van der Waals surface area contributed by atoms with Crippen molar-refractivity contribution in [3.05, 3.63) is 0 Å². The van der Waals surface area contributed by atoms with Gasteiger partial charge in [0.05, 0.1) is 0 Å². The molecule has 0 unspecified atom stereocenters. The summed E-state index contributed by atoms with van der Waals surface area (Å²) in [6, 6.07) is 0. The standard InChI is InChI=1S/CHCl2NO/c2-1(3)4-5-1/h4H. The van der Waals surface area contributed by atoms with Gasteiger partial charge in [-0.3, -0.25) is 0 Å². The Morgan fingerprint density at radius 3 is 1.80 bits per heavy atom. The molecule has 0 aromatic carbocycles. The Morgan fingerprint density at radius 1 is 1.60 bits per heavy atom. The van der Waals surface area contributed by atoms with Gasteiger partial charge >= 0.3 is 4.64 Å². The van der Waals surface area contributed by atoms with Crippen LogP contribution < -0.4 is 5.48 Å². The van der Waals surface area contributed by atoms with E-state index in [1.54, 1.807) is 0 Å². The molecule has 0 spiro atoms. The number of rotatable bonds is 0. The molecule has 1 aliphatic heterocycles. The first-order chi connectivity index (χ1) is 2.21. The average molecular weight is 114 g/mol. The minimum absolute atomic E-state index is 1.06. The van der Waals surface area contributed by atoms with Crippen LogP contribution in [-0.4, -0.2) is 4.64 Å². The summed E-state index contributed by atoms with van der Waals surface area (Å²) in [4.78, 5) is 4.18. The number of halogens is 2. The molecule has 5 heavy (non-hydrogen) atoms. The molecule has 0 bridgehead atoms. The lowest BCUT2D eigenvalue weighted by Crippen LogP contribution is -1.87. The van der Waals surface area contributed by atoms with E-state index >= 15 is 0 Å². The highest BCUT2D eigenvalue weighted by Crippen LogP contribution is 2.28. The van der Waals surface area contributed by atoms with Crippen molar-refractivity contribution < 1.29 is 4.84 Å². The molecule has 2 nitrogen and oxygen atoms in total. The molecule has 0 aromatic rings. The van der Waals surface area contributed by atoms with E-state index in [1.165, 1.54) is 0 Å². The highest BCUT2D eigenvalue weighted by molar-refractivity contribution is 6.48. The summed E-state index contributed by atoms with van der Waals surface area (Å²) in [6.07, 6.45) is 0. The molecule has 1 rings (SSSR count). The van der Waals surface area contributed by atoms with Crippen molar-refractivity contribution in [2.24, 2.45) is 0 Å². The van der Waals surface area contributed by atoms with Crippen LogP contribution in [0.5, 0.6) is 0 Å². The second-order valence-corrected chi connectivity index (χ2v) is 1.98. The quantitative estimate of drug-likeness (QED) is 0.284. The molecule has 30 valence electrons. The number of hydrogen-bond donors (Lipinski definition) is 1. The lowest BCUT2D eigenvalue weighted by atomic mass is 11.4. The van der Waals surface area contributed by atoms with Gasteiger partial charge in [0.25, 0.3) is 0 Å². The first kappa shape index (κ1) is 3.68. The van der Waals surface area contributed by atoms with Crippen LogP contribution in [0.4, 0.5) is 0 Å². The largest absolute Gasteiger partial charge is 0.314 e. The molecular weight excluding hydrogens is 113 g/mol. The SMILES string of the molecule is ClC1(Cl)NO1. The van der Waals surface area contributed by atoms with Crippen molar-refractivity contribution in [3.63, 3.8) is 0 Å². The van der Waals surface area contributed by atoms with Crippen LogP contribution in [0.3, 0.4) is 0 Å². The van der Waals surface area contributed by atoms with Crippen molar-refractivity contribution in [1.82, 2.24) is 5.48 Å². The van der Waals surface area contributed by atoms with Crippen molar-refractivity contribution in [2.45, 2.75) is 4.64 Å². The van der Waals surface area contributed by atoms with E-state index in [0.717, 1.165) is 0 Å². The zero-order valence-electron chi connectivity index (χ0n) is 2.16. The van der Waals surface area contributed by atoms with Crippen molar-refractivity contribution in [2.75, 3.05) is 0 Å². The van der Waals surface area contributed by atoms with Crippen LogP contribution >= 0.6 is 23.2 Å². The topological polar surface area (TPSA) is 34.5 Å². The van der Waals surface area contributed by atoms with Crippen LogP contribution in [-0.2, 0) is 4.84 Å². The maximum absolute atomic E-state index is 5.07. The number of nitrogens with one attached hydrogen (secondary N) is 1. The van der Waals surface area contributed by atoms with E-state index in [4.69, 9.17) is 23.2 Å². The predicted octanol–water partition coefficient (Wildman–Crippen LogP) is 0.610. The van der Waals surface area contributed by atoms with Gasteiger partial charge in [-0.1, -0.05) is 0 Å². The fourth-order valence-electron chi connectivity index (χ4n) is 0.0386. The van der Waals surface area contributed by atoms with Crippen LogP contribution in [0, 0.1) is 0 Å². The highest BCUT2D eigenvalue weighted by atomic mass is 35.5. The first-order valence-corrected chi connectivity index (χ1v) is 1.79. The first-order valence-electron chi connectivity index (χ1n) is 1.04. The van der Waals surface area contributed by atoms with E-state index in [2.05, 4.69) is 10.3 Å². The Hall–Kier alpha value is 0.500. The number of hydrogen-bond acceptors (Lipinski definition) is 2. The molecular formula is CHCl2NO. The minimum Gasteiger partial charge on any atom is -0.240 e. The Morgan fingerprint density at radius 2 is 1.80 bits per heavy atom. The fourth-order valence-corrected chi connectivity index (χ4v) is 0.116. The van der Waals surface area contributed by atoms with Gasteiger partial charge in [0.15, 0.2) is 0 Å². The second kappa shape index (κ2) is 0.763. The van der Waals surface area contributed by atoms with Gasteiger partial charge in [-0.15, -0.1) is 5.48 Å². The zero-order chi connectivity index (χ0) is 3.91. The van der Waals surface area contributed by atoms with Gasteiger partial charge in [0, 0.05) is 0 Å². The van der Waals surface area contributed by atoms with Gasteiger partial charge in [-0.05, 0) is 23.2 Å². The van der Waals surface area contributed by atoms with Crippen LogP contribution in [0.15, 0.2) is 0 Å². The van der Waals surface area contributed by atoms with Crippen molar-refractivity contribution in [1.29, 1.82) is 0 Å². The van der Waals surface area contributed by atoms with Gasteiger partial charge in [-0.25, -0.2) is 4.84 Å². The molecule has 4 heteroatoms. The summed E-state index contributed by atoms with van der Waals surface area (Å²) < 4.78 is -1.06. The molecule has 0 radical (unpaired) electrons. The summed E-state index contributed by atoms with van der Waals surface area (Å²) in [5.74, 6) is 0. The normalized spacial score (nSPS) is 30.0. The Kier molecular flexibility index (Phi) is 0.562. The van der Waals surface area contributed by atoms with E-state index in [-0.39, 0.29) is 0 Å². The third-order valence-corrected chi connectivity index (χ3v) is 0.565. The van der Waals surface area contributed by atoms with Gasteiger partial charge in [-0.2, -0.15) is 0 Å². The molecule has 0 atom stereocenters. The highest BCUT2D eigenvalue weighted by Gasteiger charge is 2.40. The summed E-state index contributed by atoms with van der Waals surface area (Å²) in [5, 5.41) is 0. The Labute approximate surface area is 39.0 Å². The lowest BCUT2D eigenvalue weighted by Gasteiger charge is -1.70. The summed E-state index contributed by atoms with van der Waals surface area (Å²) in [6.45, 7) is 0. The molecule has 0 amide bonds. The fraction of sp³-hybridized carbons (Fsp3) is 1.00. The van der Waals surface area contributed by atoms with Crippen LogP contribution in [0.2, 0.25) is 0 Å². The van der Waals surface area contributed by atoms with E-state index in [0.29, 0.717) is 0 Å². The zero-order valence-corrected chi connectivity index (χ0v) is 3.68.